The van der Waals surface area contributed by atoms with Crippen molar-refractivity contribution >= 4 is 18.5 Å². The molecule has 0 N–H and O–H groups in total. The molecule has 1 fully saturated rings. The van der Waals surface area contributed by atoms with Gasteiger partial charge in [-0.2, -0.15) is 12.6 Å². The predicted molar refractivity (Wildman–Crippen MR) is 53.4 cm³/mol. The van der Waals surface area contributed by atoms with Gasteiger partial charge < -0.3 is 4.90 Å². The summed E-state index contributed by atoms with van der Waals surface area (Å²) < 4.78 is 0.0403. The van der Waals surface area contributed by atoms with E-state index >= 15 is 0 Å². The van der Waals surface area contributed by atoms with E-state index in [-0.39, 0.29) is 10.7 Å². The van der Waals surface area contributed by atoms with E-state index in [1.807, 2.05) is 4.90 Å². The van der Waals surface area contributed by atoms with Gasteiger partial charge in [0.1, 0.15) is 0 Å². The van der Waals surface area contributed by atoms with E-state index in [1.165, 1.54) is 6.08 Å². The van der Waals surface area contributed by atoms with Crippen LogP contribution in [-0.4, -0.2) is 28.6 Å². The third-order valence-electron chi connectivity index (χ3n) is 2.48. The van der Waals surface area contributed by atoms with Crippen molar-refractivity contribution < 1.29 is 4.79 Å². The molecule has 68 valence electrons. The summed E-state index contributed by atoms with van der Waals surface area (Å²) in [6.45, 7) is 7.15. The van der Waals surface area contributed by atoms with E-state index in [2.05, 4.69) is 26.1 Å². The first-order valence-electron chi connectivity index (χ1n) is 4.25. The lowest BCUT2D eigenvalue weighted by Crippen LogP contribution is -2.31. The molecule has 0 aromatic carbocycles. The number of rotatable bonds is 2. The minimum Gasteiger partial charge on any atom is -0.338 e. The highest BCUT2D eigenvalue weighted by Crippen LogP contribution is 2.30. The largest absolute Gasteiger partial charge is 0.338 e. The summed E-state index contributed by atoms with van der Waals surface area (Å²) in [6.07, 6.45) is 3.37. The molecule has 0 aromatic rings. The zero-order valence-corrected chi connectivity index (χ0v) is 8.31. The van der Waals surface area contributed by atoms with Crippen molar-refractivity contribution in [2.24, 2.45) is 0 Å². The zero-order chi connectivity index (χ0) is 9.19. The van der Waals surface area contributed by atoms with Gasteiger partial charge in [-0.15, -0.1) is 0 Å². The lowest BCUT2D eigenvalue weighted by Gasteiger charge is -2.20. The van der Waals surface area contributed by atoms with Crippen LogP contribution in [0.25, 0.3) is 0 Å². The number of nitrogens with zero attached hydrogens (tertiary/aromatic N) is 1. The summed E-state index contributed by atoms with van der Waals surface area (Å²) in [5.74, 6) is 0.0272. The van der Waals surface area contributed by atoms with E-state index in [0.717, 1.165) is 25.9 Å². The molecule has 0 spiro atoms. The maximum atomic E-state index is 11.2. The lowest BCUT2D eigenvalue weighted by molar-refractivity contribution is -0.125. The van der Waals surface area contributed by atoms with Crippen LogP contribution in [0.1, 0.15) is 19.8 Å². The Bertz CT molecular complexity index is 205. The Balaban J connectivity index is 2.56. The molecule has 3 heteroatoms. The van der Waals surface area contributed by atoms with Crippen LogP contribution in [0.4, 0.5) is 0 Å². The minimum atomic E-state index is 0.0272. The van der Waals surface area contributed by atoms with Gasteiger partial charge in [0, 0.05) is 17.8 Å². The zero-order valence-electron chi connectivity index (χ0n) is 7.42. The van der Waals surface area contributed by atoms with E-state index in [9.17, 15) is 4.79 Å². The second-order valence-corrected chi connectivity index (χ2v) is 4.24. The van der Waals surface area contributed by atoms with Crippen LogP contribution in [0.15, 0.2) is 12.7 Å². The summed E-state index contributed by atoms with van der Waals surface area (Å²) in [6, 6.07) is 0. The molecule has 1 rings (SSSR count). The molecule has 1 amide bonds. The van der Waals surface area contributed by atoms with Crippen molar-refractivity contribution in [2.75, 3.05) is 13.1 Å². The SMILES string of the molecule is C=CC(=O)N1CCC(S)(CC)C1. The molecular weight excluding hydrogens is 170 g/mol. The summed E-state index contributed by atoms with van der Waals surface area (Å²) in [7, 11) is 0. The average molecular weight is 185 g/mol. The van der Waals surface area contributed by atoms with Crippen molar-refractivity contribution in [3.05, 3.63) is 12.7 Å². The van der Waals surface area contributed by atoms with Crippen LogP contribution in [0.3, 0.4) is 0 Å². The molecule has 0 bridgehead atoms. The third-order valence-corrected chi connectivity index (χ3v) is 3.16. The van der Waals surface area contributed by atoms with Crippen molar-refractivity contribution in [3.8, 4) is 0 Å². The van der Waals surface area contributed by atoms with Gasteiger partial charge in [-0.3, -0.25) is 4.79 Å². The fraction of sp³-hybridized carbons (Fsp3) is 0.667. The van der Waals surface area contributed by atoms with Gasteiger partial charge >= 0.3 is 0 Å². The molecule has 12 heavy (non-hydrogen) atoms. The van der Waals surface area contributed by atoms with Crippen LogP contribution in [-0.2, 0) is 4.79 Å². The van der Waals surface area contributed by atoms with Crippen LogP contribution >= 0.6 is 12.6 Å². The predicted octanol–water partition coefficient (Wildman–Crippen LogP) is 1.48. The molecule has 2 nitrogen and oxygen atoms in total. The van der Waals surface area contributed by atoms with Crippen molar-refractivity contribution in [1.29, 1.82) is 0 Å². The fourth-order valence-corrected chi connectivity index (χ4v) is 1.73. The number of hydrogen-bond donors (Lipinski definition) is 1. The molecule has 1 atom stereocenters. The van der Waals surface area contributed by atoms with E-state index in [4.69, 9.17) is 0 Å². The minimum absolute atomic E-state index is 0.0272. The molecule has 1 unspecified atom stereocenters. The Morgan fingerprint density at radius 1 is 1.83 bits per heavy atom. The Hall–Kier alpha value is -0.440. The first kappa shape index (κ1) is 9.65. The number of carbonyl (C=O) groups is 1. The summed E-state index contributed by atoms with van der Waals surface area (Å²) in [5.41, 5.74) is 0. The van der Waals surface area contributed by atoms with Gasteiger partial charge in [0.05, 0.1) is 0 Å². The third kappa shape index (κ3) is 1.83. The Morgan fingerprint density at radius 3 is 2.92 bits per heavy atom. The van der Waals surface area contributed by atoms with Crippen LogP contribution in [0, 0.1) is 0 Å². The Labute approximate surface area is 79.0 Å². The monoisotopic (exact) mass is 185 g/mol. The number of hydrogen-bond acceptors (Lipinski definition) is 2. The van der Waals surface area contributed by atoms with Gasteiger partial charge in [0.15, 0.2) is 0 Å². The molecule has 0 radical (unpaired) electrons. The molecule has 1 aliphatic rings. The smallest absolute Gasteiger partial charge is 0.246 e. The highest BCUT2D eigenvalue weighted by Gasteiger charge is 2.34. The van der Waals surface area contributed by atoms with Gasteiger partial charge in [-0.1, -0.05) is 13.5 Å². The Morgan fingerprint density at radius 2 is 2.50 bits per heavy atom. The second-order valence-electron chi connectivity index (χ2n) is 3.29. The number of amides is 1. The van der Waals surface area contributed by atoms with Gasteiger partial charge in [0.25, 0.3) is 0 Å². The first-order valence-corrected chi connectivity index (χ1v) is 4.70. The standard InChI is InChI=1S/C9H15NOS/c1-3-8(11)10-6-5-9(12,4-2)7-10/h3,12H,1,4-7H2,2H3. The van der Waals surface area contributed by atoms with Gasteiger partial charge in [-0.25, -0.2) is 0 Å². The second kappa shape index (κ2) is 3.52. The maximum Gasteiger partial charge on any atom is 0.246 e. The van der Waals surface area contributed by atoms with E-state index < -0.39 is 0 Å². The number of thiol groups is 1. The first-order chi connectivity index (χ1) is 5.61. The van der Waals surface area contributed by atoms with Crippen LogP contribution in [0.5, 0.6) is 0 Å². The van der Waals surface area contributed by atoms with Crippen molar-refractivity contribution in [3.63, 3.8) is 0 Å². The molecular formula is C9H15NOS. The van der Waals surface area contributed by atoms with Gasteiger partial charge in [0.2, 0.25) is 5.91 Å². The lowest BCUT2D eigenvalue weighted by atomic mass is 10.1. The summed E-state index contributed by atoms with van der Waals surface area (Å²) in [4.78, 5) is 13.0. The molecule has 1 aliphatic heterocycles. The quantitative estimate of drug-likeness (QED) is 0.510. The van der Waals surface area contributed by atoms with Crippen molar-refractivity contribution in [2.45, 2.75) is 24.5 Å². The molecule has 0 saturated carbocycles. The highest BCUT2D eigenvalue weighted by atomic mass is 32.1. The van der Waals surface area contributed by atoms with Crippen LogP contribution in [0.2, 0.25) is 0 Å². The maximum absolute atomic E-state index is 11.2. The molecule has 1 saturated heterocycles. The van der Waals surface area contributed by atoms with Crippen molar-refractivity contribution in [1.82, 2.24) is 4.90 Å². The van der Waals surface area contributed by atoms with E-state index in [1.54, 1.807) is 0 Å². The van der Waals surface area contributed by atoms with E-state index in [0.29, 0.717) is 0 Å². The van der Waals surface area contributed by atoms with Gasteiger partial charge in [-0.05, 0) is 18.9 Å². The average Bonchev–Trinajstić information content (AvgIpc) is 2.48. The number of carbonyl (C=O) groups excluding carboxylic acids is 1. The number of likely N-dealkylation sites (tertiary alicyclic amines) is 1. The molecule has 1 heterocycles. The Kier molecular flexibility index (Phi) is 2.83. The fourth-order valence-electron chi connectivity index (χ4n) is 1.46. The summed E-state index contributed by atoms with van der Waals surface area (Å²) >= 11 is 4.55. The summed E-state index contributed by atoms with van der Waals surface area (Å²) in [5, 5.41) is 0. The normalized spacial score (nSPS) is 29.0. The molecule has 0 aromatic heterocycles. The topological polar surface area (TPSA) is 20.3 Å². The van der Waals surface area contributed by atoms with Crippen LogP contribution < -0.4 is 0 Å². The molecule has 0 aliphatic carbocycles. The highest BCUT2D eigenvalue weighted by molar-refractivity contribution is 7.81.